The lowest BCUT2D eigenvalue weighted by Gasteiger charge is -2.31. The third-order valence-corrected chi connectivity index (χ3v) is 6.26. The van der Waals surface area contributed by atoms with Gasteiger partial charge in [0.25, 0.3) is 5.91 Å². The van der Waals surface area contributed by atoms with Crippen molar-refractivity contribution in [2.75, 3.05) is 0 Å². The Morgan fingerprint density at radius 3 is 2.81 bits per heavy atom. The first-order chi connectivity index (χ1) is 13.1. The highest BCUT2D eigenvalue weighted by Gasteiger charge is 2.38. The van der Waals surface area contributed by atoms with Gasteiger partial charge in [-0.15, -0.1) is 0 Å². The first-order valence-electron chi connectivity index (χ1n) is 10.2. The van der Waals surface area contributed by atoms with Gasteiger partial charge in [0.05, 0.1) is 0 Å². The number of fused-ring (bicyclic) bond motifs is 1. The molecule has 4 rings (SSSR count). The van der Waals surface area contributed by atoms with E-state index in [1.54, 1.807) is 4.90 Å². The van der Waals surface area contributed by atoms with Crippen LogP contribution in [-0.4, -0.2) is 28.9 Å². The number of piperidine rings is 1. The maximum atomic E-state index is 12.8. The minimum atomic E-state index is -0.414. The van der Waals surface area contributed by atoms with E-state index in [1.165, 1.54) is 19.3 Å². The summed E-state index contributed by atoms with van der Waals surface area (Å²) < 4.78 is 6.31. The number of amides is 2. The van der Waals surface area contributed by atoms with E-state index in [4.69, 9.17) is 4.74 Å². The third-order valence-electron chi connectivity index (χ3n) is 6.26. The van der Waals surface area contributed by atoms with E-state index in [9.17, 15) is 9.59 Å². The van der Waals surface area contributed by atoms with E-state index in [-0.39, 0.29) is 17.9 Å². The lowest BCUT2D eigenvalue weighted by Crippen LogP contribution is -2.49. The molecule has 144 valence electrons. The number of ether oxygens (including phenoxy) is 1. The van der Waals surface area contributed by atoms with Gasteiger partial charge < -0.3 is 15.0 Å². The lowest BCUT2D eigenvalue weighted by atomic mass is 9.85. The molecule has 1 saturated heterocycles. The first kappa shape index (κ1) is 18.1. The van der Waals surface area contributed by atoms with Crippen molar-refractivity contribution in [3.05, 3.63) is 41.6 Å². The van der Waals surface area contributed by atoms with E-state index in [0.29, 0.717) is 30.9 Å². The van der Waals surface area contributed by atoms with Gasteiger partial charge in [-0.3, -0.25) is 9.59 Å². The largest absolute Gasteiger partial charge is 0.490 e. The van der Waals surface area contributed by atoms with Crippen LogP contribution in [0.3, 0.4) is 0 Å². The number of allylic oxidation sites excluding steroid dienone is 1. The second-order valence-corrected chi connectivity index (χ2v) is 8.01. The van der Waals surface area contributed by atoms with Gasteiger partial charge in [0.2, 0.25) is 5.91 Å². The molecular formula is C22H28N2O3. The number of hydrogen-bond acceptors (Lipinski definition) is 3. The molecule has 1 saturated carbocycles. The highest BCUT2D eigenvalue weighted by molar-refractivity contribution is 6.01. The lowest BCUT2D eigenvalue weighted by molar-refractivity contribution is -0.126. The fourth-order valence-electron chi connectivity index (χ4n) is 4.67. The van der Waals surface area contributed by atoms with Crippen molar-refractivity contribution >= 4 is 11.8 Å². The topological polar surface area (TPSA) is 58.6 Å². The summed E-state index contributed by atoms with van der Waals surface area (Å²) in [5.41, 5.74) is 2.38. The minimum Gasteiger partial charge on any atom is -0.490 e. The zero-order chi connectivity index (χ0) is 19.0. The number of carbonyl (C=O) groups excluding carboxylic acids is 2. The second-order valence-electron chi connectivity index (χ2n) is 8.01. The highest BCUT2D eigenvalue weighted by atomic mass is 16.5. The molecule has 1 aliphatic carbocycles. The van der Waals surface area contributed by atoms with Crippen LogP contribution in [-0.2, 0) is 11.3 Å². The van der Waals surface area contributed by atoms with E-state index in [1.807, 2.05) is 18.2 Å². The molecule has 0 aromatic heterocycles. The Morgan fingerprint density at radius 2 is 2.04 bits per heavy atom. The maximum Gasteiger partial charge on any atom is 0.255 e. The van der Waals surface area contributed by atoms with Crippen molar-refractivity contribution in [3.63, 3.8) is 0 Å². The average Bonchev–Trinajstić information content (AvgIpc) is 2.98. The van der Waals surface area contributed by atoms with Gasteiger partial charge in [-0.1, -0.05) is 19.9 Å². The number of hydrogen-bond donors (Lipinski definition) is 1. The van der Waals surface area contributed by atoms with Gasteiger partial charge in [0.15, 0.2) is 0 Å². The molecule has 0 spiro atoms. The Bertz CT molecular complexity index is 773. The summed E-state index contributed by atoms with van der Waals surface area (Å²) in [5, 5.41) is 2.78. The van der Waals surface area contributed by atoms with Crippen LogP contribution in [0.1, 0.15) is 67.8 Å². The van der Waals surface area contributed by atoms with Crippen LogP contribution in [0.2, 0.25) is 0 Å². The van der Waals surface area contributed by atoms with Gasteiger partial charge >= 0.3 is 0 Å². The molecule has 2 aliphatic heterocycles. The van der Waals surface area contributed by atoms with Crippen LogP contribution in [0.4, 0.5) is 0 Å². The number of nitrogens with zero attached hydrogens (tertiary/aromatic N) is 1. The molecule has 27 heavy (non-hydrogen) atoms. The molecule has 0 bridgehead atoms. The maximum absolute atomic E-state index is 12.8. The second kappa shape index (κ2) is 7.37. The third kappa shape index (κ3) is 3.47. The highest BCUT2D eigenvalue weighted by Crippen LogP contribution is 2.34. The van der Waals surface area contributed by atoms with E-state index in [2.05, 4.69) is 18.8 Å². The van der Waals surface area contributed by atoms with Crippen LogP contribution in [0.25, 0.3) is 0 Å². The molecule has 1 aromatic carbocycles. The standard InChI is InChI=1S/C22H28N2O3/c1-3-15-6-4-5-7-20(15)27-17-9-10-18-16(12-17)13-24(22(18)26)19-11-8-14(2)23-21(19)25/h9-10,12,15,19-20H,2-8,11,13H2,1H3,(H,23,25)/t15-,19?,20-/m1/s1. The van der Waals surface area contributed by atoms with Gasteiger partial charge in [-0.2, -0.15) is 0 Å². The van der Waals surface area contributed by atoms with Crippen molar-refractivity contribution in [2.24, 2.45) is 5.92 Å². The predicted octanol–water partition coefficient (Wildman–Crippen LogP) is 3.78. The molecule has 3 aliphatic rings. The molecule has 1 aromatic rings. The molecular weight excluding hydrogens is 340 g/mol. The summed E-state index contributed by atoms with van der Waals surface area (Å²) in [6.45, 7) is 6.51. The predicted molar refractivity (Wildman–Crippen MR) is 103 cm³/mol. The summed E-state index contributed by atoms with van der Waals surface area (Å²) in [6.07, 6.45) is 7.61. The molecule has 3 atom stereocenters. The number of benzene rings is 1. The summed E-state index contributed by atoms with van der Waals surface area (Å²) >= 11 is 0. The fraction of sp³-hybridized carbons (Fsp3) is 0.545. The Balaban J connectivity index is 1.49. The van der Waals surface area contributed by atoms with Crippen molar-refractivity contribution in [1.82, 2.24) is 10.2 Å². The molecule has 5 nitrogen and oxygen atoms in total. The van der Waals surface area contributed by atoms with Crippen LogP contribution >= 0.6 is 0 Å². The number of carbonyl (C=O) groups is 2. The fourth-order valence-corrected chi connectivity index (χ4v) is 4.67. The summed E-state index contributed by atoms with van der Waals surface area (Å²) in [5.74, 6) is 1.27. The summed E-state index contributed by atoms with van der Waals surface area (Å²) in [4.78, 5) is 26.8. The molecule has 1 unspecified atom stereocenters. The molecule has 1 N–H and O–H groups in total. The SMILES string of the molecule is C=C1CCC(N2Cc3cc(O[C@@H]4CCCC[C@H]4CC)ccc3C2=O)C(=O)N1. The summed E-state index contributed by atoms with van der Waals surface area (Å²) in [6, 6.07) is 5.34. The van der Waals surface area contributed by atoms with E-state index >= 15 is 0 Å². The Kier molecular flexibility index (Phi) is 4.94. The van der Waals surface area contributed by atoms with Gasteiger partial charge in [0.1, 0.15) is 17.9 Å². The average molecular weight is 368 g/mol. The first-order valence-corrected chi connectivity index (χ1v) is 10.2. The van der Waals surface area contributed by atoms with Crippen LogP contribution in [0.15, 0.2) is 30.5 Å². The van der Waals surface area contributed by atoms with Gasteiger partial charge in [-0.05, 0) is 68.2 Å². The van der Waals surface area contributed by atoms with Crippen molar-refractivity contribution in [1.29, 1.82) is 0 Å². The van der Waals surface area contributed by atoms with Gasteiger partial charge in [-0.25, -0.2) is 0 Å². The minimum absolute atomic E-state index is 0.0617. The van der Waals surface area contributed by atoms with Crippen molar-refractivity contribution < 1.29 is 14.3 Å². The summed E-state index contributed by atoms with van der Waals surface area (Å²) in [7, 11) is 0. The van der Waals surface area contributed by atoms with Crippen LogP contribution < -0.4 is 10.1 Å². The molecule has 2 heterocycles. The normalized spacial score (nSPS) is 28.1. The van der Waals surface area contributed by atoms with Crippen molar-refractivity contribution in [2.45, 2.75) is 70.6 Å². The monoisotopic (exact) mass is 368 g/mol. The zero-order valence-electron chi connectivity index (χ0n) is 16.0. The van der Waals surface area contributed by atoms with E-state index < -0.39 is 6.04 Å². The van der Waals surface area contributed by atoms with Crippen LogP contribution in [0.5, 0.6) is 5.75 Å². The van der Waals surface area contributed by atoms with E-state index in [0.717, 1.165) is 29.9 Å². The van der Waals surface area contributed by atoms with Gasteiger partial charge in [0, 0.05) is 17.8 Å². The molecule has 5 heteroatoms. The zero-order valence-corrected chi connectivity index (χ0v) is 16.0. The molecule has 2 fully saturated rings. The van der Waals surface area contributed by atoms with Crippen LogP contribution in [0, 0.1) is 5.92 Å². The molecule has 2 amide bonds. The number of nitrogens with one attached hydrogen (secondary N) is 1. The Labute approximate surface area is 160 Å². The Morgan fingerprint density at radius 1 is 1.22 bits per heavy atom. The Hall–Kier alpha value is -2.30. The smallest absolute Gasteiger partial charge is 0.255 e. The quantitative estimate of drug-likeness (QED) is 0.880. The molecule has 0 radical (unpaired) electrons. The number of rotatable bonds is 4. The van der Waals surface area contributed by atoms with Crippen molar-refractivity contribution in [3.8, 4) is 5.75 Å².